The minimum Gasteiger partial charge on any atom is -0.480 e. The highest BCUT2D eigenvalue weighted by atomic mass is 16.5. The van der Waals surface area contributed by atoms with E-state index in [4.69, 9.17) is 9.84 Å². The monoisotopic (exact) mass is 258 g/mol. The summed E-state index contributed by atoms with van der Waals surface area (Å²) in [6.07, 6.45) is 0.479. The van der Waals surface area contributed by atoms with Crippen LogP contribution in [-0.4, -0.2) is 48.8 Å². The Kier molecular flexibility index (Phi) is 6.07. The first-order valence-electron chi connectivity index (χ1n) is 6.33. The van der Waals surface area contributed by atoms with E-state index in [0.29, 0.717) is 19.6 Å². The van der Waals surface area contributed by atoms with Crippen molar-refractivity contribution in [2.75, 3.05) is 19.7 Å². The van der Waals surface area contributed by atoms with E-state index in [0.717, 1.165) is 6.54 Å². The fourth-order valence-corrected chi connectivity index (χ4v) is 1.90. The zero-order valence-corrected chi connectivity index (χ0v) is 10.9. The van der Waals surface area contributed by atoms with Crippen LogP contribution in [0.15, 0.2) is 0 Å². The van der Waals surface area contributed by atoms with E-state index in [1.165, 1.54) is 0 Å². The standard InChI is InChI=1S/C12H22N2O4/c1-8(2)5-10(12(16)17)14-11(15)6-9-7-13-3-4-18-9/h8-10,13H,3-7H2,1-2H3,(H,14,15)(H,16,17). The zero-order valence-electron chi connectivity index (χ0n) is 10.9. The molecule has 1 fully saturated rings. The Morgan fingerprint density at radius 2 is 2.22 bits per heavy atom. The molecule has 1 aliphatic rings. The first-order valence-corrected chi connectivity index (χ1v) is 6.33. The molecule has 1 aliphatic heterocycles. The van der Waals surface area contributed by atoms with Crippen LogP contribution in [-0.2, 0) is 14.3 Å². The van der Waals surface area contributed by atoms with Crippen molar-refractivity contribution in [1.82, 2.24) is 10.6 Å². The molecular weight excluding hydrogens is 236 g/mol. The summed E-state index contributed by atoms with van der Waals surface area (Å²) in [5.41, 5.74) is 0. The molecule has 6 nitrogen and oxygen atoms in total. The number of carbonyl (C=O) groups excluding carboxylic acids is 1. The van der Waals surface area contributed by atoms with Crippen LogP contribution in [0.1, 0.15) is 26.7 Å². The Balaban J connectivity index is 2.37. The normalized spacial score (nSPS) is 21.6. The number of aliphatic carboxylic acids is 1. The van der Waals surface area contributed by atoms with E-state index < -0.39 is 12.0 Å². The Bertz CT molecular complexity index is 288. The third-order valence-corrected chi connectivity index (χ3v) is 2.76. The van der Waals surface area contributed by atoms with Crippen molar-refractivity contribution < 1.29 is 19.4 Å². The number of amides is 1. The van der Waals surface area contributed by atoms with Gasteiger partial charge in [0.1, 0.15) is 6.04 Å². The molecule has 0 bridgehead atoms. The zero-order chi connectivity index (χ0) is 13.5. The second-order valence-electron chi connectivity index (χ2n) is 4.99. The predicted octanol–water partition coefficient (Wildman–Crippen LogP) is -0.0196. The maximum absolute atomic E-state index is 11.7. The van der Waals surface area contributed by atoms with Crippen molar-refractivity contribution >= 4 is 11.9 Å². The van der Waals surface area contributed by atoms with Gasteiger partial charge in [-0.15, -0.1) is 0 Å². The quantitative estimate of drug-likeness (QED) is 0.623. The Hall–Kier alpha value is -1.14. The summed E-state index contributed by atoms with van der Waals surface area (Å²) >= 11 is 0. The molecule has 1 heterocycles. The van der Waals surface area contributed by atoms with Gasteiger partial charge < -0.3 is 20.5 Å². The number of carboxylic acids is 1. The van der Waals surface area contributed by atoms with E-state index in [9.17, 15) is 9.59 Å². The number of ether oxygens (including phenoxy) is 1. The number of hydrogen-bond acceptors (Lipinski definition) is 4. The Labute approximate surface area is 107 Å². The number of carbonyl (C=O) groups is 2. The van der Waals surface area contributed by atoms with Gasteiger partial charge in [-0.25, -0.2) is 4.79 Å². The highest BCUT2D eigenvalue weighted by molar-refractivity contribution is 5.83. The van der Waals surface area contributed by atoms with Gasteiger partial charge in [0.25, 0.3) is 0 Å². The molecule has 0 spiro atoms. The third kappa shape index (κ3) is 5.46. The average Bonchev–Trinajstić information content (AvgIpc) is 2.28. The van der Waals surface area contributed by atoms with Crippen LogP contribution < -0.4 is 10.6 Å². The number of rotatable bonds is 6. The van der Waals surface area contributed by atoms with E-state index >= 15 is 0 Å². The number of carboxylic acid groups (broad SMARTS) is 1. The van der Waals surface area contributed by atoms with Crippen molar-refractivity contribution in [3.8, 4) is 0 Å². The Morgan fingerprint density at radius 3 is 2.72 bits per heavy atom. The van der Waals surface area contributed by atoms with Crippen LogP contribution in [0.25, 0.3) is 0 Å². The molecule has 0 aromatic rings. The first-order chi connectivity index (χ1) is 8.49. The van der Waals surface area contributed by atoms with Crippen LogP contribution in [0.4, 0.5) is 0 Å². The highest BCUT2D eigenvalue weighted by Gasteiger charge is 2.23. The molecule has 1 rings (SSSR count). The van der Waals surface area contributed by atoms with Crippen LogP contribution in [0.5, 0.6) is 0 Å². The van der Waals surface area contributed by atoms with Gasteiger partial charge in [0.2, 0.25) is 5.91 Å². The largest absolute Gasteiger partial charge is 0.480 e. The first kappa shape index (κ1) is 14.9. The van der Waals surface area contributed by atoms with Crippen molar-refractivity contribution in [1.29, 1.82) is 0 Å². The molecule has 6 heteroatoms. The molecule has 0 aliphatic carbocycles. The van der Waals surface area contributed by atoms with Gasteiger partial charge in [-0.2, -0.15) is 0 Å². The lowest BCUT2D eigenvalue weighted by Gasteiger charge is -2.24. The smallest absolute Gasteiger partial charge is 0.326 e. The van der Waals surface area contributed by atoms with Crippen molar-refractivity contribution in [2.24, 2.45) is 5.92 Å². The molecule has 1 amide bonds. The van der Waals surface area contributed by atoms with E-state index in [1.807, 2.05) is 13.8 Å². The fraction of sp³-hybridized carbons (Fsp3) is 0.833. The second-order valence-corrected chi connectivity index (χ2v) is 4.99. The lowest BCUT2D eigenvalue weighted by molar-refractivity contribution is -0.142. The maximum Gasteiger partial charge on any atom is 0.326 e. The molecule has 104 valence electrons. The number of morpholine rings is 1. The number of hydrogen-bond donors (Lipinski definition) is 3. The fourth-order valence-electron chi connectivity index (χ4n) is 1.90. The minimum atomic E-state index is -0.986. The molecule has 18 heavy (non-hydrogen) atoms. The third-order valence-electron chi connectivity index (χ3n) is 2.76. The summed E-state index contributed by atoms with van der Waals surface area (Å²) < 4.78 is 5.40. The summed E-state index contributed by atoms with van der Waals surface area (Å²) in [4.78, 5) is 22.7. The number of nitrogens with one attached hydrogen (secondary N) is 2. The van der Waals surface area contributed by atoms with Crippen LogP contribution in [0.2, 0.25) is 0 Å². The van der Waals surface area contributed by atoms with Crippen molar-refractivity contribution in [2.45, 2.75) is 38.8 Å². The summed E-state index contributed by atoms with van der Waals surface area (Å²) in [5.74, 6) is -1.03. The topological polar surface area (TPSA) is 87.7 Å². The lowest BCUT2D eigenvalue weighted by Crippen LogP contribution is -2.45. The van der Waals surface area contributed by atoms with E-state index in [2.05, 4.69) is 10.6 Å². The minimum absolute atomic E-state index is 0.160. The summed E-state index contributed by atoms with van der Waals surface area (Å²) in [5, 5.41) is 14.7. The van der Waals surface area contributed by atoms with Gasteiger partial charge in [-0.3, -0.25) is 4.79 Å². The molecule has 2 unspecified atom stereocenters. The Morgan fingerprint density at radius 1 is 1.50 bits per heavy atom. The molecule has 0 radical (unpaired) electrons. The summed E-state index contributed by atoms with van der Waals surface area (Å²) in [6.45, 7) is 5.87. The van der Waals surface area contributed by atoms with E-state index in [-0.39, 0.29) is 24.3 Å². The van der Waals surface area contributed by atoms with Gasteiger partial charge in [-0.1, -0.05) is 13.8 Å². The van der Waals surface area contributed by atoms with Gasteiger partial charge in [0.15, 0.2) is 0 Å². The predicted molar refractivity (Wildman–Crippen MR) is 66.2 cm³/mol. The van der Waals surface area contributed by atoms with Crippen LogP contribution in [0, 0.1) is 5.92 Å². The maximum atomic E-state index is 11.7. The lowest BCUT2D eigenvalue weighted by atomic mass is 10.0. The highest BCUT2D eigenvalue weighted by Crippen LogP contribution is 2.07. The second kappa shape index (κ2) is 7.33. The van der Waals surface area contributed by atoms with Gasteiger partial charge in [-0.05, 0) is 12.3 Å². The van der Waals surface area contributed by atoms with E-state index in [1.54, 1.807) is 0 Å². The molecule has 0 aromatic carbocycles. The molecule has 2 atom stereocenters. The van der Waals surface area contributed by atoms with Gasteiger partial charge in [0.05, 0.1) is 19.1 Å². The van der Waals surface area contributed by atoms with Gasteiger partial charge in [0, 0.05) is 13.1 Å². The molecule has 0 aromatic heterocycles. The summed E-state index contributed by atoms with van der Waals surface area (Å²) in [6, 6.07) is -0.811. The van der Waals surface area contributed by atoms with Crippen LogP contribution >= 0.6 is 0 Å². The van der Waals surface area contributed by atoms with Crippen molar-refractivity contribution in [3.63, 3.8) is 0 Å². The van der Waals surface area contributed by atoms with Gasteiger partial charge >= 0.3 is 5.97 Å². The summed E-state index contributed by atoms with van der Waals surface area (Å²) in [7, 11) is 0. The van der Waals surface area contributed by atoms with Crippen LogP contribution in [0.3, 0.4) is 0 Å². The molecular formula is C12H22N2O4. The average molecular weight is 258 g/mol. The SMILES string of the molecule is CC(C)CC(NC(=O)CC1CNCCO1)C(=O)O. The molecule has 0 saturated carbocycles. The van der Waals surface area contributed by atoms with Crippen molar-refractivity contribution in [3.05, 3.63) is 0 Å². The molecule has 3 N–H and O–H groups in total. The molecule has 1 saturated heterocycles.